The fourth-order valence-corrected chi connectivity index (χ4v) is 4.59. The summed E-state index contributed by atoms with van der Waals surface area (Å²) in [6.07, 6.45) is 3.11. The first-order chi connectivity index (χ1) is 12.6. The highest BCUT2D eigenvalue weighted by atomic mass is 32.1. The minimum atomic E-state index is 0.00970. The van der Waals surface area contributed by atoms with Crippen molar-refractivity contribution in [3.8, 4) is 5.06 Å². The van der Waals surface area contributed by atoms with Gasteiger partial charge in [0.25, 0.3) is 0 Å². The lowest BCUT2D eigenvalue weighted by Gasteiger charge is -2.12. The summed E-state index contributed by atoms with van der Waals surface area (Å²) in [7, 11) is 2.07. The second-order valence-corrected chi connectivity index (χ2v) is 8.06. The summed E-state index contributed by atoms with van der Waals surface area (Å²) in [5.74, 6) is 0.562. The molecule has 3 aromatic rings. The Morgan fingerprint density at radius 3 is 2.96 bits per heavy atom. The first-order valence-corrected chi connectivity index (χ1v) is 9.97. The highest BCUT2D eigenvalue weighted by Crippen LogP contribution is 2.50. The van der Waals surface area contributed by atoms with Crippen LogP contribution in [-0.2, 0) is 11.8 Å². The highest BCUT2D eigenvalue weighted by Gasteiger charge is 2.45. The molecule has 3 atom stereocenters. The number of benzene rings is 1. The second kappa shape index (κ2) is 6.80. The molecule has 0 bridgehead atoms. The Kier molecular flexibility index (Phi) is 4.49. The number of hydrogen-bond donors (Lipinski definition) is 1. The lowest BCUT2D eigenvalue weighted by Crippen LogP contribution is -2.27. The molecule has 4 nitrogen and oxygen atoms in total. The molecule has 1 saturated carbocycles. The van der Waals surface area contributed by atoms with Crippen molar-refractivity contribution >= 4 is 28.1 Å². The van der Waals surface area contributed by atoms with Crippen LogP contribution in [0.15, 0.2) is 42.6 Å². The Hall–Kier alpha value is -2.27. The molecule has 26 heavy (non-hydrogen) atoms. The van der Waals surface area contributed by atoms with Gasteiger partial charge in [-0.2, -0.15) is 0 Å². The van der Waals surface area contributed by atoms with Crippen LogP contribution < -0.4 is 10.1 Å². The van der Waals surface area contributed by atoms with Gasteiger partial charge in [0.05, 0.1) is 12.6 Å². The number of nitrogens with zero attached hydrogens (tertiary/aromatic N) is 1. The van der Waals surface area contributed by atoms with Crippen molar-refractivity contribution in [3.05, 3.63) is 53.0 Å². The maximum Gasteiger partial charge on any atom is 0.224 e. The summed E-state index contributed by atoms with van der Waals surface area (Å²) in [5, 5.41) is 5.35. The molecule has 1 aliphatic rings. The molecule has 2 unspecified atom stereocenters. The lowest BCUT2D eigenvalue weighted by atomic mass is 10.1. The van der Waals surface area contributed by atoms with Gasteiger partial charge in [-0.25, -0.2) is 0 Å². The number of carbonyl (C=O) groups is 1. The molecule has 1 fully saturated rings. The summed E-state index contributed by atoms with van der Waals surface area (Å²) in [6.45, 7) is 4.68. The van der Waals surface area contributed by atoms with Crippen LogP contribution in [0.25, 0.3) is 10.9 Å². The number of ether oxygens (including phenoxy) is 1. The van der Waals surface area contributed by atoms with Crippen molar-refractivity contribution in [2.45, 2.75) is 32.2 Å². The van der Waals surface area contributed by atoms with Crippen LogP contribution in [0.5, 0.6) is 5.06 Å². The SMILES string of the molecule is CCOc1ccc([C@@H](C)NC(=O)C2CC2c2cn(C)c3ccccc23)s1. The molecular weight excluding hydrogens is 344 g/mol. The van der Waals surface area contributed by atoms with Crippen molar-refractivity contribution in [2.24, 2.45) is 13.0 Å². The third kappa shape index (κ3) is 3.12. The van der Waals surface area contributed by atoms with Crippen LogP contribution in [-0.4, -0.2) is 17.1 Å². The van der Waals surface area contributed by atoms with E-state index in [1.807, 2.05) is 26.0 Å². The standard InChI is InChI=1S/C21H24N2O2S/c1-4-25-20-10-9-19(26-20)13(2)22-21(24)16-11-15(16)17-12-23(3)18-8-6-5-7-14(17)18/h5-10,12-13,15-16H,4,11H2,1-3H3,(H,22,24)/t13-,15?,16?/m1/s1. The van der Waals surface area contributed by atoms with E-state index >= 15 is 0 Å². The molecule has 4 rings (SSSR count). The van der Waals surface area contributed by atoms with E-state index in [2.05, 4.69) is 47.4 Å². The topological polar surface area (TPSA) is 43.3 Å². The van der Waals surface area contributed by atoms with Crippen LogP contribution >= 0.6 is 11.3 Å². The van der Waals surface area contributed by atoms with Crippen LogP contribution in [0.3, 0.4) is 0 Å². The molecule has 0 aliphatic heterocycles. The average Bonchev–Trinajstić information content (AvgIpc) is 3.17. The Morgan fingerprint density at radius 2 is 2.15 bits per heavy atom. The number of para-hydroxylation sites is 1. The number of carbonyl (C=O) groups excluding carboxylic acids is 1. The smallest absolute Gasteiger partial charge is 0.224 e. The van der Waals surface area contributed by atoms with E-state index < -0.39 is 0 Å². The Balaban J connectivity index is 1.43. The minimum absolute atomic E-state index is 0.00970. The number of thiophene rings is 1. The number of nitrogens with one attached hydrogen (secondary N) is 1. The van der Waals surface area contributed by atoms with Crippen LogP contribution in [0.1, 0.15) is 42.7 Å². The molecule has 1 amide bonds. The zero-order valence-electron chi connectivity index (χ0n) is 15.4. The number of amides is 1. The third-order valence-corrected chi connectivity index (χ3v) is 6.31. The van der Waals surface area contributed by atoms with Gasteiger partial charge in [0.15, 0.2) is 5.06 Å². The molecule has 2 aromatic heterocycles. The Morgan fingerprint density at radius 1 is 1.35 bits per heavy atom. The summed E-state index contributed by atoms with van der Waals surface area (Å²) in [4.78, 5) is 13.8. The van der Waals surface area contributed by atoms with E-state index in [1.165, 1.54) is 16.5 Å². The maximum absolute atomic E-state index is 12.7. The van der Waals surface area contributed by atoms with Crippen LogP contribution in [0.4, 0.5) is 0 Å². The van der Waals surface area contributed by atoms with Gasteiger partial charge in [-0.15, -0.1) is 11.3 Å². The van der Waals surface area contributed by atoms with Gasteiger partial charge in [-0.3, -0.25) is 4.79 Å². The van der Waals surface area contributed by atoms with E-state index in [0.717, 1.165) is 16.4 Å². The van der Waals surface area contributed by atoms with Crippen molar-refractivity contribution in [1.82, 2.24) is 9.88 Å². The summed E-state index contributed by atoms with van der Waals surface area (Å²) >= 11 is 1.60. The third-order valence-electron chi connectivity index (χ3n) is 5.13. The van der Waals surface area contributed by atoms with E-state index in [-0.39, 0.29) is 17.9 Å². The molecule has 1 N–H and O–H groups in total. The first kappa shape index (κ1) is 17.2. The predicted molar refractivity (Wildman–Crippen MR) is 106 cm³/mol. The fourth-order valence-electron chi connectivity index (χ4n) is 3.68. The quantitative estimate of drug-likeness (QED) is 0.690. The minimum Gasteiger partial charge on any atom is -0.484 e. The Labute approximate surface area is 157 Å². The first-order valence-electron chi connectivity index (χ1n) is 9.15. The average molecular weight is 369 g/mol. The van der Waals surface area contributed by atoms with Crippen LogP contribution in [0, 0.1) is 5.92 Å². The van der Waals surface area contributed by atoms with Gasteiger partial charge in [0.2, 0.25) is 5.91 Å². The summed E-state index contributed by atoms with van der Waals surface area (Å²) in [6, 6.07) is 12.4. The number of rotatable bonds is 6. The van der Waals surface area contributed by atoms with Gasteiger partial charge in [0, 0.05) is 34.9 Å². The fraction of sp³-hybridized carbons (Fsp3) is 0.381. The summed E-state index contributed by atoms with van der Waals surface area (Å²) < 4.78 is 7.68. The zero-order chi connectivity index (χ0) is 18.3. The molecule has 1 aliphatic carbocycles. The molecule has 136 valence electrons. The molecule has 0 spiro atoms. The number of aromatic nitrogens is 1. The van der Waals surface area contributed by atoms with Crippen molar-refractivity contribution in [1.29, 1.82) is 0 Å². The largest absolute Gasteiger partial charge is 0.484 e. The monoisotopic (exact) mass is 368 g/mol. The van der Waals surface area contributed by atoms with Crippen molar-refractivity contribution in [2.75, 3.05) is 6.61 Å². The van der Waals surface area contributed by atoms with Crippen molar-refractivity contribution in [3.63, 3.8) is 0 Å². The zero-order valence-corrected chi connectivity index (χ0v) is 16.2. The normalized spacial score (nSPS) is 20.1. The Bertz CT molecular complexity index is 943. The number of hydrogen-bond acceptors (Lipinski definition) is 3. The van der Waals surface area contributed by atoms with E-state index in [0.29, 0.717) is 12.5 Å². The van der Waals surface area contributed by atoms with Crippen molar-refractivity contribution < 1.29 is 9.53 Å². The second-order valence-electron chi connectivity index (χ2n) is 6.98. The molecule has 2 heterocycles. The van der Waals surface area contributed by atoms with E-state index in [9.17, 15) is 4.79 Å². The lowest BCUT2D eigenvalue weighted by molar-refractivity contribution is -0.123. The van der Waals surface area contributed by atoms with Crippen LogP contribution in [0.2, 0.25) is 0 Å². The summed E-state index contributed by atoms with van der Waals surface area (Å²) in [5.41, 5.74) is 2.52. The number of fused-ring (bicyclic) bond motifs is 1. The van der Waals surface area contributed by atoms with E-state index in [1.54, 1.807) is 11.3 Å². The molecular formula is C21H24N2O2S. The predicted octanol–water partition coefficient (Wildman–Crippen LogP) is 4.62. The van der Waals surface area contributed by atoms with Gasteiger partial charge >= 0.3 is 0 Å². The molecule has 1 aromatic carbocycles. The number of aryl methyl sites for hydroxylation is 1. The maximum atomic E-state index is 12.7. The van der Waals surface area contributed by atoms with E-state index in [4.69, 9.17) is 4.74 Å². The molecule has 0 saturated heterocycles. The highest BCUT2D eigenvalue weighted by molar-refractivity contribution is 7.13. The van der Waals surface area contributed by atoms with Gasteiger partial charge in [0.1, 0.15) is 0 Å². The van der Waals surface area contributed by atoms with Gasteiger partial charge in [-0.05, 0) is 49.9 Å². The van der Waals surface area contributed by atoms with Gasteiger partial charge in [-0.1, -0.05) is 18.2 Å². The van der Waals surface area contributed by atoms with Gasteiger partial charge < -0.3 is 14.6 Å². The molecule has 5 heteroatoms. The molecule has 0 radical (unpaired) electrons.